The first kappa shape index (κ1) is 17.4. The molecule has 1 N–H and O–H groups in total. The SMILES string of the molecule is COc1ccc(F)cc1C#CCCNC(=O)OCc1ccccc1. The summed E-state index contributed by atoms with van der Waals surface area (Å²) in [6, 6.07) is 13.6. The Balaban J connectivity index is 1.73. The second-order valence-electron chi connectivity index (χ2n) is 4.88. The van der Waals surface area contributed by atoms with Crippen molar-refractivity contribution in [2.24, 2.45) is 0 Å². The fraction of sp³-hybridized carbons (Fsp3) is 0.211. The zero-order valence-corrected chi connectivity index (χ0v) is 13.3. The fourth-order valence-corrected chi connectivity index (χ4v) is 1.94. The van der Waals surface area contributed by atoms with Crippen molar-refractivity contribution in [3.8, 4) is 17.6 Å². The van der Waals surface area contributed by atoms with Gasteiger partial charge in [0, 0.05) is 13.0 Å². The van der Waals surface area contributed by atoms with E-state index in [9.17, 15) is 9.18 Å². The highest BCUT2D eigenvalue weighted by atomic mass is 19.1. The van der Waals surface area contributed by atoms with E-state index in [-0.39, 0.29) is 12.4 Å². The molecular formula is C19H18FNO3. The zero-order chi connectivity index (χ0) is 17.2. The minimum Gasteiger partial charge on any atom is -0.495 e. The van der Waals surface area contributed by atoms with Gasteiger partial charge in [0.05, 0.1) is 12.7 Å². The Morgan fingerprint density at radius 3 is 2.75 bits per heavy atom. The largest absolute Gasteiger partial charge is 0.495 e. The highest BCUT2D eigenvalue weighted by Gasteiger charge is 2.02. The highest BCUT2D eigenvalue weighted by Crippen LogP contribution is 2.17. The van der Waals surface area contributed by atoms with Gasteiger partial charge in [0.15, 0.2) is 0 Å². The lowest BCUT2D eigenvalue weighted by Crippen LogP contribution is -2.24. The van der Waals surface area contributed by atoms with Crippen LogP contribution in [0.2, 0.25) is 0 Å². The molecule has 0 saturated carbocycles. The standard InChI is InChI=1S/C19H18FNO3/c1-23-18-11-10-17(20)13-16(18)9-5-6-12-21-19(22)24-14-15-7-3-2-4-8-15/h2-4,7-8,10-11,13H,6,12,14H2,1H3,(H,21,22). The van der Waals surface area contributed by atoms with Crippen LogP contribution in [0.4, 0.5) is 9.18 Å². The summed E-state index contributed by atoms with van der Waals surface area (Å²) in [5, 5.41) is 2.61. The number of hydrogen-bond donors (Lipinski definition) is 1. The van der Waals surface area contributed by atoms with E-state index in [1.54, 1.807) is 0 Å². The van der Waals surface area contributed by atoms with Gasteiger partial charge in [-0.15, -0.1) is 0 Å². The third-order valence-corrected chi connectivity index (χ3v) is 3.12. The van der Waals surface area contributed by atoms with E-state index in [0.29, 0.717) is 24.3 Å². The molecule has 0 bridgehead atoms. The van der Waals surface area contributed by atoms with Gasteiger partial charge in [0.2, 0.25) is 0 Å². The second-order valence-corrected chi connectivity index (χ2v) is 4.88. The molecule has 0 spiro atoms. The van der Waals surface area contributed by atoms with E-state index < -0.39 is 6.09 Å². The van der Waals surface area contributed by atoms with Crippen molar-refractivity contribution in [1.82, 2.24) is 5.32 Å². The summed E-state index contributed by atoms with van der Waals surface area (Å²) in [6.45, 7) is 0.567. The first-order chi connectivity index (χ1) is 11.7. The average Bonchev–Trinajstić information content (AvgIpc) is 2.61. The Morgan fingerprint density at radius 2 is 2.00 bits per heavy atom. The van der Waals surface area contributed by atoms with Gasteiger partial charge in [-0.05, 0) is 23.8 Å². The summed E-state index contributed by atoms with van der Waals surface area (Å²) in [7, 11) is 1.50. The number of halogens is 1. The first-order valence-electron chi connectivity index (χ1n) is 7.46. The molecule has 5 heteroatoms. The fourth-order valence-electron chi connectivity index (χ4n) is 1.94. The van der Waals surface area contributed by atoms with Gasteiger partial charge in [-0.1, -0.05) is 42.2 Å². The van der Waals surface area contributed by atoms with E-state index >= 15 is 0 Å². The van der Waals surface area contributed by atoms with Crippen molar-refractivity contribution < 1.29 is 18.7 Å². The van der Waals surface area contributed by atoms with Crippen LogP contribution in [0.3, 0.4) is 0 Å². The Hall–Kier alpha value is -3.00. The van der Waals surface area contributed by atoms with Crippen molar-refractivity contribution in [2.45, 2.75) is 13.0 Å². The zero-order valence-electron chi connectivity index (χ0n) is 13.3. The van der Waals surface area contributed by atoms with E-state index in [2.05, 4.69) is 17.2 Å². The van der Waals surface area contributed by atoms with Gasteiger partial charge in [0.25, 0.3) is 0 Å². The maximum atomic E-state index is 13.2. The molecule has 0 aliphatic rings. The molecule has 0 atom stereocenters. The summed E-state index contributed by atoms with van der Waals surface area (Å²) in [5.74, 6) is 5.84. The molecule has 4 nitrogen and oxygen atoms in total. The quantitative estimate of drug-likeness (QED) is 0.675. The minimum absolute atomic E-state index is 0.221. The molecule has 1 amide bonds. The summed E-state index contributed by atoms with van der Waals surface area (Å²) < 4.78 is 23.4. The number of benzene rings is 2. The van der Waals surface area contributed by atoms with Crippen LogP contribution in [0.5, 0.6) is 5.75 Å². The Morgan fingerprint density at radius 1 is 1.21 bits per heavy atom. The molecule has 0 heterocycles. The number of hydrogen-bond acceptors (Lipinski definition) is 3. The Labute approximate surface area is 140 Å². The molecule has 0 fully saturated rings. The number of carbonyl (C=O) groups excluding carboxylic acids is 1. The number of rotatable bonds is 5. The summed E-state index contributed by atoms with van der Waals surface area (Å²) in [6.07, 6.45) is -0.0795. The van der Waals surface area contributed by atoms with Gasteiger partial charge < -0.3 is 14.8 Å². The molecule has 0 aliphatic heterocycles. The molecule has 0 unspecified atom stereocenters. The van der Waals surface area contributed by atoms with Gasteiger partial charge in [0.1, 0.15) is 18.2 Å². The van der Waals surface area contributed by atoms with E-state index in [4.69, 9.17) is 9.47 Å². The third kappa shape index (κ3) is 5.65. The molecule has 2 rings (SSSR count). The Kier molecular flexibility index (Phi) is 6.66. The lowest BCUT2D eigenvalue weighted by Gasteiger charge is -2.05. The minimum atomic E-state index is -0.496. The van der Waals surface area contributed by atoms with Crippen LogP contribution in [-0.4, -0.2) is 19.7 Å². The predicted octanol–water partition coefficient (Wildman–Crippen LogP) is 3.50. The van der Waals surface area contributed by atoms with E-state index in [0.717, 1.165) is 5.56 Å². The van der Waals surface area contributed by atoms with Crippen LogP contribution in [0.15, 0.2) is 48.5 Å². The van der Waals surface area contributed by atoms with Gasteiger partial charge in [-0.2, -0.15) is 0 Å². The molecule has 2 aromatic carbocycles. The molecular weight excluding hydrogens is 309 g/mol. The first-order valence-corrected chi connectivity index (χ1v) is 7.46. The van der Waals surface area contributed by atoms with Crippen LogP contribution in [0.25, 0.3) is 0 Å². The molecule has 0 aromatic heterocycles. The number of alkyl carbamates (subject to hydrolysis) is 1. The Bertz CT molecular complexity index is 735. The number of methoxy groups -OCH3 is 1. The highest BCUT2D eigenvalue weighted by molar-refractivity contribution is 5.67. The lowest BCUT2D eigenvalue weighted by molar-refractivity contribution is 0.140. The molecule has 2 aromatic rings. The van der Waals surface area contributed by atoms with Crippen LogP contribution in [0, 0.1) is 17.7 Å². The maximum Gasteiger partial charge on any atom is 0.407 e. The number of nitrogens with one attached hydrogen (secondary N) is 1. The van der Waals surface area contributed by atoms with Crippen molar-refractivity contribution in [1.29, 1.82) is 0 Å². The molecule has 0 aliphatic carbocycles. The van der Waals surface area contributed by atoms with Crippen molar-refractivity contribution in [3.63, 3.8) is 0 Å². The molecule has 0 saturated heterocycles. The van der Waals surface area contributed by atoms with E-state index in [1.807, 2.05) is 30.3 Å². The van der Waals surface area contributed by atoms with E-state index in [1.165, 1.54) is 25.3 Å². The van der Waals surface area contributed by atoms with Gasteiger partial charge in [-0.3, -0.25) is 0 Å². The normalized spacial score (nSPS) is 9.58. The van der Waals surface area contributed by atoms with Gasteiger partial charge in [-0.25, -0.2) is 9.18 Å². The number of ether oxygens (including phenoxy) is 2. The summed E-state index contributed by atoms with van der Waals surface area (Å²) in [5.41, 5.74) is 1.40. The topological polar surface area (TPSA) is 47.6 Å². The van der Waals surface area contributed by atoms with Crippen LogP contribution in [-0.2, 0) is 11.3 Å². The molecule has 124 valence electrons. The van der Waals surface area contributed by atoms with Crippen LogP contribution >= 0.6 is 0 Å². The molecule has 0 radical (unpaired) electrons. The predicted molar refractivity (Wildman–Crippen MR) is 89.1 cm³/mol. The summed E-state index contributed by atoms with van der Waals surface area (Å²) in [4.78, 5) is 11.5. The molecule has 24 heavy (non-hydrogen) atoms. The maximum absolute atomic E-state index is 13.2. The number of carbonyl (C=O) groups is 1. The summed E-state index contributed by atoms with van der Waals surface area (Å²) >= 11 is 0. The van der Waals surface area contributed by atoms with Crippen molar-refractivity contribution in [3.05, 3.63) is 65.5 Å². The average molecular weight is 327 g/mol. The third-order valence-electron chi connectivity index (χ3n) is 3.12. The van der Waals surface area contributed by atoms with Gasteiger partial charge >= 0.3 is 6.09 Å². The monoisotopic (exact) mass is 327 g/mol. The lowest BCUT2D eigenvalue weighted by atomic mass is 10.2. The van der Waals surface area contributed by atoms with Crippen LogP contribution < -0.4 is 10.1 Å². The smallest absolute Gasteiger partial charge is 0.407 e. The van der Waals surface area contributed by atoms with Crippen molar-refractivity contribution >= 4 is 6.09 Å². The van der Waals surface area contributed by atoms with Crippen molar-refractivity contribution in [2.75, 3.05) is 13.7 Å². The van der Waals surface area contributed by atoms with Crippen LogP contribution in [0.1, 0.15) is 17.5 Å². The second kappa shape index (κ2) is 9.21. The number of amides is 1.